The molecule has 0 aromatic heterocycles. The Morgan fingerprint density at radius 2 is 1.78 bits per heavy atom. The second-order valence-corrected chi connectivity index (χ2v) is 6.79. The summed E-state index contributed by atoms with van der Waals surface area (Å²) in [6.45, 7) is 9.78. The third-order valence-corrected chi connectivity index (χ3v) is 2.78. The van der Waals surface area contributed by atoms with Crippen LogP contribution >= 0.6 is 0 Å². The highest BCUT2D eigenvalue weighted by Crippen LogP contribution is 2.31. The molecule has 0 aromatic carbocycles. The number of halogens is 3. The highest BCUT2D eigenvalue weighted by Gasteiger charge is 2.45. The molecule has 1 aliphatic heterocycles. The molecule has 0 radical (unpaired) electrons. The Labute approximate surface area is 135 Å². The van der Waals surface area contributed by atoms with Gasteiger partial charge < -0.3 is 14.3 Å². The molecule has 0 aromatic rings. The van der Waals surface area contributed by atoms with E-state index in [1.807, 2.05) is 34.6 Å². The maximum absolute atomic E-state index is 12.2. The molecule has 5 nitrogen and oxygen atoms in total. The standard InChI is InChI=1S/C13H23NO4.C2H3F3/c1-12(2,3)18-11(16)14-10(7-6-8-15)9-17-13(14,4)5;1-2(3,4)5/h8,10H,6-7,9H2,1-5H3;1H3. The van der Waals surface area contributed by atoms with E-state index in [1.54, 1.807) is 4.90 Å². The first-order chi connectivity index (χ1) is 10.2. The van der Waals surface area contributed by atoms with Crippen LogP contribution in [0.1, 0.15) is 54.4 Å². The van der Waals surface area contributed by atoms with Crippen LogP contribution in [-0.4, -0.2) is 47.4 Å². The summed E-state index contributed by atoms with van der Waals surface area (Å²) in [6.07, 6.45) is -2.50. The first-order valence-corrected chi connectivity index (χ1v) is 7.34. The number of carbonyl (C=O) groups excluding carboxylic acids is 2. The Bertz CT molecular complexity index is 397. The van der Waals surface area contributed by atoms with Crippen LogP contribution in [0.5, 0.6) is 0 Å². The smallest absolute Gasteiger partial charge is 0.412 e. The lowest BCUT2D eigenvalue weighted by molar-refractivity contribution is -0.110. The van der Waals surface area contributed by atoms with E-state index in [-0.39, 0.29) is 19.1 Å². The van der Waals surface area contributed by atoms with Crippen molar-refractivity contribution in [1.29, 1.82) is 0 Å². The van der Waals surface area contributed by atoms with Gasteiger partial charge >= 0.3 is 12.3 Å². The molecule has 0 saturated carbocycles. The van der Waals surface area contributed by atoms with Gasteiger partial charge in [-0.25, -0.2) is 4.79 Å². The van der Waals surface area contributed by atoms with E-state index >= 15 is 0 Å². The number of carbonyl (C=O) groups is 2. The van der Waals surface area contributed by atoms with Crippen LogP contribution in [0, 0.1) is 0 Å². The van der Waals surface area contributed by atoms with Gasteiger partial charge in [0.1, 0.15) is 17.6 Å². The normalized spacial score (nSPS) is 20.6. The summed E-state index contributed by atoms with van der Waals surface area (Å²) < 4.78 is 42.1. The molecule has 1 unspecified atom stereocenters. The Hall–Kier alpha value is -1.31. The largest absolute Gasteiger partial charge is 0.444 e. The van der Waals surface area contributed by atoms with Gasteiger partial charge in [-0.05, 0) is 41.0 Å². The van der Waals surface area contributed by atoms with Crippen LogP contribution in [0.4, 0.5) is 18.0 Å². The molecule has 1 aliphatic rings. The van der Waals surface area contributed by atoms with Gasteiger partial charge in [0.05, 0.1) is 12.6 Å². The molecule has 1 rings (SSSR count). The quantitative estimate of drug-likeness (QED) is 0.731. The molecule has 0 N–H and O–H groups in total. The van der Waals surface area contributed by atoms with Gasteiger partial charge in [0, 0.05) is 13.3 Å². The number of amides is 1. The van der Waals surface area contributed by atoms with Crippen molar-refractivity contribution in [3.8, 4) is 0 Å². The van der Waals surface area contributed by atoms with Crippen molar-refractivity contribution in [2.45, 2.75) is 77.9 Å². The molecule has 1 heterocycles. The monoisotopic (exact) mass is 341 g/mol. The highest BCUT2D eigenvalue weighted by molar-refractivity contribution is 5.69. The highest BCUT2D eigenvalue weighted by atomic mass is 19.4. The number of hydrogen-bond donors (Lipinski definition) is 0. The van der Waals surface area contributed by atoms with E-state index in [2.05, 4.69) is 0 Å². The molecule has 0 aliphatic carbocycles. The van der Waals surface area contributed by atoms with Crippen LogP contribution in [0.15, 0.2) is 0 Å². The number of alkyl halides is 3. The fraction of sp³-hybridized carbons (Fsp3) is 0.867. The van der Waals surface area contributed by atoms with Crippen LogP contribution in [0.3, 0.4) is 0 Å². The Balaban J connectivity index is 0.000000841. The first kappa shape index (κ1) is 21.7. The second-order valence-electron chi connectivity index (χ2n) is 6.79. The average Bonchev–Trinajstić information content (AvgIpc) is 2.57. The number of hydrogen-bond acceptors (Lipinski definition) is 4. The van der Waals surface area contributed by atoms with Gasteiger partial charge in [0.15, 0.2) is 0 Å². The van der Waals surface area contributed by atoms with E-state index in [1.165, 1.54) is 0 Å². The molecular weight excluding hydrogens is 315 g/mol. The van der Waals surface area contributed by atoms with Crippen LogP contribution in [0.25, 0.3) is 0 Å². The number of nitrogens with zero attached hydrogens (tertiary/aromatic N) is 1. The van der Waals surface area contributed by atoms with Gasteiger partial charge in [-0.2, -0.15) is 13.2 Å². The molecular formula is C15H26F3NO4. The molecule has 1 saturated heterocycles. The van der Waals surface area contributed by atoms with E-state index < -0.39 is 17.5 Å². The van der Waals surface area contributed by atoms with Crippen molar-refractivity contribution in [2.75, 3.05) is 6.61 Å². The summed E-state index contributed by atoms with van der Waals surface area (Å²) in [6, 6.07) is -0.0972. The van der Waals surface area contributed by atoms with Gasteiger partial charge in [-0.1, -0.05) is 0 Å². The van der Waals surface area contributed by atoms with E-state index in [4.69, 9.17) is 9.47 Å². The summed E-state index contributed by atoms with van der Waals surface area (Å²) in [5.74, 6) is 0. The van der Waals surface area contributed by atoms with Gasteiger partial charge in [-0.15, -0.1) is 0 Å². The topological polar surface area (TPSA) is 55.8 Å². The maximum atomic E-state index is 12.2. The molecule has 1 atom stereocenters. The van der Waals surface area contributed by atoms with Gasteiger partial charge in [-0.3, -0.25) is 4.90 Å². The molecule has 8 heteroatoms. The number of aldehydes is 1. The predicted molar refractivity (Wildman–Crippen MR) is 78.9 cm³/mol. The van der Waals surface area contributed by atoms with Gasteiger partial charge in [0.2, 0.25) is 0 Å². The zero-order valence-electron chi connectivity index (χ0n) is 14.5. The SMILES string of the molecule is CC(C)(C)OC(=O)N1C(CCC=O)COC1(C)C.CC(F)(F)F. The fourth-order valence-electron chi connectivity index (χ4n) is 2.04. The molecule has 136 valence electrons. The van der Waals surface area contributed by atoms with Crippen molar-refractivity contribution in [3.63, 3.8) is 0 Å². The summed E-state index contributed by atoms with van der Waals surface area (Å²) in [5.41, 5.74) is -1.22. The second kappa shape index (κ2) is 7.99. The third-order valence-electron chi connectivity index (χ3n) is 2.78. The minimum atomic E-state index is -4.00. The van der Waals surface area contributed by atoms with E-state index in [0.29, 0.717) is 19.4 Å². The Morgan fingerprint density at radius 1 is 1.30 bits per heavy atom. The average molecular weight is 341 g/mol. The molecule has 0 bridgehead atoms. The summed E-state index contributed by atoms with van der Waals surface area (Å²) in [7, 11) is 0. The lowest BCUT2D eigenvalue weighted by Gasteiger charge is -2.35. The van der Waals surface area contributed by atoms with Crippen LogP contribution in [0.2, 0.25) is 0 Å². The molecule has 0 spiro atoms. The van der Waals surface area contributed by atoms with Crippen molar-refractivity contribution in [1.82, 2.24) is 4.90 Å². The van der Waals surface area contributed by atoms with Crippen molar-refractivity contribution >= 4 is 12.4 Å². The van der Waals surface area contributed by atoms with Crippen molar-refractivity contribution in [3.05, 3.63) is 0 Å². The van der Waals surface area contributed by atoms with Crippen molar-refractivity contribution in [2.24, 2.45) is 0 Å². The molecule has 1 amide bonds. The summed E-state index contributed by atoms with van der Waals surface area (Å²) in [5, 5.41) is 0. The third kappa shape index (κ3) is 9.43. The van der Waals surface area contributed by atoms with Crippen molar-refractivity contribution < 1.29 is 32.2 Å². The van der Waals surface area contributed by atoms with Gasteiger partial charge in [0.25, 0.3) is 0 Å². The minimum absolute atomic E-state index is 0.0972. The molecule has 23 heavy (non-hydrogen) atoms. The Morgan fingerprint density at radius 3 is 2.17 bits per heavy atom. The zero-order valence-corrected chi connectivity index (χ0v) is 14.5. The first-order valence-electron chi connectivity index (χ1n) is 7.34. The number of rotatable bonds is 3. The van der Waals surface area contributed by atoms with E-state index in [0.717, 1.165) is 6.29 Å². The summed E-state index contributed by atoms with van der Waals surface area (Å²) in [4.78, 5) is 24.2. The minimum Gasteiger partial charge on any atom is -0.444 e. The Kier molecular flexibility index (Phi) is 7.53. The van der Waals surface area contributed by atoms with Crippen LogP contribution in [-0.2, 0) is 14.3 Å². The van der Waals surface area contributed by atoms with E-state index in [9.17, 15) is 22.8 Å². The zero-order chi connectivity index (χ0) is 18.5. The van der Waals surface area contributed by atoms with Crippen LogP contribution < -0.4 is 0 Å². The lowest BCUT2D eigenvalue weighted by atomic mass is 10.1. The fourth-order valence-corrected chi connectivity index (χ4v) is 2.04. The lowest BCUT2D eigenvalue weighted by Crippen LogP contribution is -2.49. The molecule has 1 fully saturated rings. The number of ether oxygens (including phenoxy) is 2. The predicted octanol–water partition coefficient (Wildman–Crippen LogP) is 3.91. The summed E-state index contributed by atoms with van der Waals surface area (Å²) >= 11 is 0. The maximum Gasteiger partial charge on any atom is 0.412 e.